The summed E-state index contributed by atoms with van der Waals surface area (Å²) >= 11 is 0. The zero-order valence-corrected chi connectivity index (χ0v) is 13.3. The van der Waals surface area contributed by atoms with E-state index in [0.717, 1.165) is 24.2 Å². The van der Waals surface area contributed by atoms with Gasteiger partial charge in [-0.2, -0.15) is 0 Å². The average Bonchev–Trinajstić information content (AvgIpc) is 3.27. The number of methoxy groups -OCH3 is 1. The van der Waals surface area contributed by atoms with Crippen LogP contribution in [0.4, 0.5) is 0 Å². The highest BCUT2D eigenvalue weighted by Gasteiger charge is 2.29. The van der Waals surface area contributed by atoms with E-state index in [9.17, 15) is 4.79 Å². The van der Waals surface area contributed by atoms with Crippen LogP contribution in [0.15, 0.2) is 18.2 Å². The lowest BCUT2D eigenvalue weighted by Gasteiger charge is -2.18. The normalized spacial score (nSPS) is 15.9. The molecule has 0 aromatic heterocycles. The van der Waals surface area contributed by atoms with Crippen molar-refractivity contribution in [3.05, 3.63) is 29.3 Å². The van der Waals surface area contributed by atoms with Crippen LogP contribution in [-0.2, 0) is 9.53 Å². The Labute approximate surface area is 126 Å². The molecule has 1 aromatic carbocycles. The van der Waals surface area contributed by atoms with E-state index in [1.54, 1.807) is 0 Å². The van der Waals surface area contributed by atoms with Crippen LogP contribution in [0.2, 0.25) is 0 Å². The fourth-order valence-electron chi connectivity index (χ4n) is 2.17. The summed E-state index contributed by atoms with van der Waals surface area (Å²) in [6, 6.07) is 6.27. The van der Waals surface area contributed by atoms with Crippen molar-refractivity contribution in [3.63, 3.8) is 0 Å². The van der Waals surface area contributed by atoms with Gasteiger partial charge in [0.2, 0.25) is 0 Å². The van der Waals surface area contributed by atoms with E-state index in [-0.39, 0.29) is 5.97 Å². The molecule has 0 spiro atoms. The van der Waals surface area contributed by atoms with Crippen LogP contribution in [-0.4, -0.2) is 31.8 Å². The summed E-state index contributed by atoms with van der Waals surface area (Å²) < 4.78 is 10.7. The SMILES string of the molecule is COC(=O)C(COc1cc(C(C)C)ccc1C)NC1CC1. The van der Waals surface area contributed by atoms with Gasteiger partial charge in [0.1, 0.15) is 18.4 Å². The van der Waals surface area contributed by atoms with Gasteiger partial charge in [0, 0.05) is 6.04 Å². The molecule has 0 aliphatic heterocycles. The average molecular weight is 291 g/mol. The number of ether oxygens (including phenoxy) is 2. The van der Waals surface area contributed by atoms with Gasteiger partial charge in [0.25, 0.3) is 0 Å². The van der Waals surface area contributed by atoms with Crippen LogP contribution in [0.25, 0.3) is 0 Å². The predicted molar refractivity (Wildman–Crippen MR) is 82.7 cm³/mol. The maximum absolute atomic E-state index is 11.8. The second-order valence-corrected chi connectivity index (χ2v) is 6.01. The van der Waals surface area contributed by atoms with Crippen molar-refractivity contribution in [1.82, 2.24) is 5.32 Å². The van der Waals surface area contributed by atoms with Crippen LogP contribution in [0.5, 0.6) is 5.75 Å². The third-order valence-corrected chi connectivity index (χ3v) is 3.78. The van der Waals surface area contributed by atoms with Crippen molar-refractivity contribution >= 4 is 5.97 Å². The second-order valence-electron chi connectivity index (χ2n) is 6.01. The standard InChI is InChI=1S/C17H25NO3/c1-11(2)13-6-5-12(3)16(9-13)21-10-15(17(19)20-4)18-14-7-8-14/h5-6,9,11,14-15,18H,7-8,10H2,1-4H3. The van der Waals surface area contributed by atoms with E-state index in [0.29, 0.717) is 18.6 Å². The van der Waals surface area contributed by atoms with Crippen LogP contribution in [0.3, 0.4) is 0 Å². The van der Waals surface area contributed by atoms with E-state index in [2.05, 4.69) is 37.4 Å². The Morgan fingerprint density at radius 2 is 2.10 bits per heavy atom. The number of rotatable bonds is 7. The topological polar surface area (TPSA) is 47.6 Å². The predicted octanol–water partition coefficient (Wildman–Crippen LogP) is 2.79. The van der Waals surface area contributed by atoms with E-state index < -0.39 is 6.04 Å². The van der Waals surface area contributed by atoms with Gasteiger partial charge in [0.15, 0.2) is 0 Å². The van der Waals surface area contributed by atoms with Gasteiger partial charge < -0.3 is 9.47 Å². The Kier molecular flexibility index (Phi) is 5.23. The molecule has 116 valence electrons. The molecule has 0 radical (unpaired) electrons. The van der Waals surface area contributed by atoms with Gasteiger partial charge in [-0.3, -0.25) is 10.1 Å². The molecule has 1 atom stereocenters. The molecule has 0 heterocycles. The zero-order chi connectivity index (χ0) is 15.4. The molecule has 1 saturated carbocycles. The highest BCUT2D eigenvalue weighted by Crippen LogP contribution is 2.25. The largest absolute Gasteiger partial charge is 0.491 e. The molecule has 0 saturated heterocycles. The number of carbonyl (C=O) groups is 1. The highest BCUT2D eigenvalue weighted by molar-refractivity contribution is 5.76. The van der Waals surface area contributed by atoms with Crippen molar-refractivity contribution < 1.29 is 14.3 Å². The fraction of sp³-hybridized carbons (Fsp3) is 0.588. The van der Waals surface area contributed by atoms with Crippen molar-refractivity contribution in [2.75, 3.05) is 13.7 Å². The molecular formula is C17H25NO3. The first-order valence-corrected chi connectivity index (χ1v) is 7.58. The number of esters is 1. The maximum atomic E-state index is 11.8. The van der Waals surface area contributed by atoms with Gasteiger partial charge in [0.05, 0.1) is 7.11 Å². The molecule has 1 unspecified atom stereocenters. The lowest BCUT2D eigenvalue weighted by atomic mass is 10.0. The second kappa shape index (κ2) is 6.94. The van der Waals surface area contributed by atoms with Gasteiger partial charge in [-0.25, -0.2) is 0 Å². The molecule has 1 aromatic rings. The fourth-order valence-corrected chi connectivity index (χ4v) is 2.17. The highest BCUT2D eigenvalue weighted by atomic mass is 16.5. The molecule has 1 aliphatic rings. The Bertz CT molecular complexity index is 495. The zero-order valence-electron chi connectivity index (χ0n) is 13.3. The number of nitrogens with one attached hydrogen (secondary N) is 1. The van der Waals surface area contributed by atoms with Crippen molar-refractivity contribution in [1.29, 1.82) is 0 Å². The molecule has 2 rings (SSSR count). The number of hydrogen-bond acceptors (Lipinski definition) is 4. The number of carbonyl (C=O) groups excluding carboxylic acids is 1. The van der Waals surface area contributed by atoms with E-state index in [4.69, 9.17) is 9.47 Å². The molecule has 4 nitrogen and oxygen atoms in total. The molecule has 1 fully saturated rings. The minimum absolute atomic E-state index is 0.264. The summed E-state index contributed by atoms with van der Waals surface area (Å²) in [7, 11) is 1.41. The van der Waals surface area contributed by atoms with Gasteiger partial charge in [-0.1, -0.05) is 26.0 Å². The third kappa shape index (κ3) is 4.46. The number of hydrogen-bond donors (Lipinski definition) is 1. The van der Waals surface area contributed by atoms with Crippen molar-refractivity contribution in [2.24, 2.45) is 0 Å². The summed E-state index contributed by atoms with van der Waals surface area (Å²) in [4.78, 5) is 11.8. The van der Waals surface area contributed by atoms with E-state index in [1.165, 1.54) is 12.7 Å². The molecule has 1 aliphatic carbocycles. The Morgan fingerprint density at radius 3 is 2.67 bits per heavy atom. The van der Waals surface area contributed by atoms with E-state index >= 15 is 0 Å². The molecular weight excluding hydrogens is 266 g/mol. The molecule has 21 heavy (non-hydrogen) atoms. The first-order chi connectivity index (χ1) is 10.0. The molecule has 4 heteroatoms. The van der Waals surface area contributed by atoms with Crippen LogP contribution < -0.4 is 10.1 Å². The van der Waals surface area contributed by atoms with Crippen LogP contribution >= 0.6 is 0 Å². The lowest BCUT2D eigenvalue weighted by molar-refractivity contribution is -0.144. The van der Waals surface area contributed by atoms with Gasteiger partial charge in [-0.15, -0.1) is 0 Å². The minimum atomic E-state index is -0.399. The number of aryl methyl sites for hydroxylation is 1. The minimum Gasteiger partial charge on any atom is -0.491 e. The monoisotopic (exact) mass is 291 g/mol. The van der Waals surface area contributed by atoms with Crippen LogP contribution in [0, 0.1) is 6.92 Å². The smallest absolute Gasteiger partial charge is 0.326 e. The summed E-state index contributed by atoms with van der Waals surface area (Å²) in [6.07, 6.45) is 2.24. The Hall–Kier alpha value is -1.55. The summed E-state index contributed by atoms with van der Waals surface area (Å²) in [5.41, 5.74) is 2.31. The summed E-state index contributed by atoms with van der Waals surface area (Å²) in [6.45, 7) is 6.62. The van der Waals surface area contributed by atoms with Crippen LogP contribution in [0.1, 0.15) is 43.7 Å². The Morgan fingerprint density at radius 1 is 1.38 bits per heavy atom. The first-order valence-electron chi connectivity index (χ1n) is 7.58. The maximum Gasteiger partial charge on any atom is 0.326 e. The van der Waals surface area contributed by atoms with E-state index in [1.807, 2.05) is 6.92 Å². The molecule has 1 N–H and O–H groups in total. The summed E-state index contributed by atoms with van der Waals surface area (Å²) in [5.74, 6) is 1.03. The van der Waals surface area contributed by atoms with Gasteiger partial charge in [-0.05, 0) is 42.9 Å². The quantitative estimate of drug-likeness (QED) is 0.785. The summed E-state index contributed by atoms with van der Waals surface area (Å²) in [5, 5.41) is 3.27. The van der Waals surface area contributed by atoms with Gasteiger partial charge >= 0.3 is 5.97 Å². The lowest BCUT2D eigenvalue weighted by Crippen LogP contribution is -2.43. The first kappa shape index (κ1) is 15.8. The van der Waals surface area contributed by atoms with Crippen molar-refractivity contribution in [3.8, 4) is 5.75 Å². The molecule has 0 amide bonds. The number of benzene rings is 1. The Balaban J connectivity index is 2.01. The molecule has 0 bridgehead atoms. The third-order valence-electron chi connectivity index (χ3n) is 3.78. The van der Waals surface area contributed by atoms with Crippen molar-refractivity contribution in [2.45, 2.75) is 51.6 Å².